The normalized spacial score (nSPS) is 23.4. The Morgan fingerprint density at radius 3 is 2.62 bits per heavy atom. The van der Waals surface area contributed by atoms with Crippen molar-refractivity contribution in [3.8, 4) is 5.95 Å². The molecule has 0 saturated heterocycles. The Morgan fingerprint density at radius 2 is 2.00 bits per heavy atom. The molecule has 0 unspecified atom stereocenters. The molecule has 2 aromatic heterocycles. The van der Waals surface area contributed by atoms with Crippen molar-refractivity contribution in [1.82, 2.24) is 24.8 Å². The molecule has 2 aliphatic carbocycles. The monoisotopic (exact) mass is 355 g/mol. The third-order valence-corrected chi connectivity index (χ3v) is 5.57. The van der Waals surface area contributed by atoms with Gasteiger partial charge in [-0.05, 0) is 44.6 Å². The van der Waals surface area contributed by atoms with E-state index in [1.165, 1.54) is 6.42 Å². The molecule has 0 aliphatic heterocycles. The first-order valence-corrected chi connectivity index (χ1v) is 9.44. The fourth-order valence-corrected chi connectivity index (χ4v) is 3.68. The second kappa shape index (κ2) is 7.53. The van der Waals surface area contributed by atoms with Gasteiger partial charge in [-0.3, -0.25) is 9.36 Å². The van der Waals surface area contributed by atoms with Crippen LogP contribution in [0.2, 0.25) is 0 Å². The predicted molar refractivity (Wildman–Crippen MR) is 96.3 cm³/mol. The number of carbonyl (C=O) groups excluding carboxylic acids is 1. The molecule has 0 radical (unpaired) electrons. The lowest BCUT2D eigenvalue weighted by molar-refractivity contribution is 0.0598. The molecule has 26 heavy (non-hydrogen) atoms. The molecule has 4 rings (SSSR count). The van der Waals surface area contributed by atoms with Crippen molar-refractivity contribution in [2.75, 3.05) is 7.11 Å². The van der Waals surface area contributed by atoms with Crippen LogP contribution in [0.25, 0.3) is 5.95 Å². The molecule has 0 bridgehead atoms. The number of ether oxygens (including phenoxy) is 1. The molecule has 2 fully saturated rings. The van der Waals surface area contributed by atoms with Crippen molar-refractivity contribution >= 4 is 5.91 Å². The molecule has 1 N–H and O–H groups in total. The average Bonchev–Trinajstić information content (AvgIpc) is 3.15. The number of carbonyl (C=O) groups is 1. The van der Waals surface area contributed by atoms with Crippen molar-refractivity contribution in [2.24, 2.45) is 0 Å². The first-order valence-electron chi connectivity index (χ1n) is 9.44. The van der Waals surface area contributed by atoms with E-state index in [9.17, 15) is 4.79 Å². The number of hydrogen-bond donors (Lipinski definition) is 1. The van der Waals surface area contributed by atoms with Crippen LogP contribution < -0.4 is 5.32 Å². The Kier molecular flexibility index (Phi) is 4.97. The van der Waals surface area contributed by atoms with Gasteiger partial charge in [0, 0.05) is 37.2 Å². The topological polar surface area (TPSA) is 81.9 Å². The van der Waals surface area contributed by atoms with E-state index in [-0.39, 0.29) is 11.9 Å². The lowest BCUT2D eigenvalue weighted by Gasteiger charge is -2.28. The summed E-state index contributed by atoms with van der Waals surface area (Å²) in [5, 5.41) is 3.14. The molecule has 1 amide bonds. The number of aromatic nitrogens is 4. The quantitative estimate of drug-likeness (QED) is 0.891. The zero-order chi connectivity index (χ0) is 17.9. The number of nitrogens with zero attached hydrogens (tertiary/aromatic N) is 4. The van der Waals surface area contributed by atoms with Crippen molar-refractivity contribution in [3.05, 3.63) is 36.2 Å². The van der Waals surface area contributed by atoms with Crippen LogP contribution in [0.15, 0.2) is 24.8 Å². The predicted octanol–water partition coefficient (Wildman–Crippen LogP) is 2.62. The second-order valence-corrected chi connectivity index (χ2v) is 7.26. The average molecular weight is 355 g/mol. The van der Waals surface area contributed by atoms with E-state index in [0.717, 1.165) is 44.2 Å². The lowest BCUT2D eigenvalue weighted by Crippen LogP contribution is -2.39. The van der Waals surface area contributed by atoms with Gasteiger partial charge in [0.1, 0.15) is 12.0 Å². The molecular weight excluding hydrogens is 330 g/mol. The van der Waals surface area contributed by atoms with Gasteiger partial charge in [0.2, 0.25) is 5.95 Å². The molecular formula is C19H25N5O2. The standard InChI is InChI=1S/C19H25N5O2/c1-26-15-7-5-14(6-8-15)21-18(25)17-11-16(13-3-2-4-13)22-19(23-17)24-10-9-20-12-24/h9-15H,2-8H2,1H3,(H,21,25)/t14-,15-. The van der Waals surface area contributed by atoms with E-state index in [0.29, 0.717) is 23.7 Å². The van der Waals surface area contributed by atoms with Gasteiger partial charge < -0.3 is 10.1 Å². The first kappa shape index (κ1) is 17.1. The summed E-state index contributed by atoms with van der Waals surface area (Å²) in [7, 11) is 1.75. The zero-order valence-electron chi connectivity index (χ0n) is 15.1. The maximum atomic E-state index is 12.8. The van der Waals surface area contributed by atoms with Crippen LogP contribution in [0.4, 0.5) is 0 Å². The van der Waals surface area contributed by atoms with Gasteiger partial charge in [0.25, 0.3) is 5.91 Å². The van der Waals surface area contributed by atoms with Crippen molar-refractivity contribution in [1.29, 1.82) is 0 Å². The highest BCUT2D eigenvalue weighted by atomic mass is 16.5. The summed E-state index contributed by atoms with van der Waals surface area (Å²) >= 11 is 0. The molecule has 2 heterocycles. The maximum Gasteiger partial charge on any atom is 0.270 e. The molecule has 7 nitrogen and oxygen atoms in total. The van der Waals surface area contributed by atoms with Gasteiger partial charge in [-0.25, -0.2) is 15.0 Å². The third kappa shape index (κ3) is 3.62. The Hall–Kier alpha value is -2.28. The highest BCUT2D eigenvalue weighted by Gasteiger charge is 2.26. The summed E-state index contributed by atoms with van der Waals surface area (Å²) in [5.74, 6) is 0.833. The number of rotatable bonds is 5. The summed E-state index contributed by atoms with van der Waals surface area (Å²) in [4.78, 5) is 26.0. The van der Waals surface area contributed by atoms with Crippen LogP contribution in [0.5, 0.6) is 0 Å². The molecule has 0 spiro atoms. The van der Waals surface area contributed by atoms with Crippen LogP contribution in [0.1, 0.15) is 67.0 Å². The zero-order valence-corrected chi connectivity index (χ0v) is 15.1. The van der Waals surface area contributed by atoms with Crippen LogP contribution in [-0.4, -0.2) is 44.7 Å². The van der Waals surface area contributed by atoms with Gasteiger partial charge in [-0.1, -0.05) is 6.42 Å². The number of imidazole rings is 1. The van der Waals surface area contributed by atoms with Crippen LogP contribution in [0, 0.1) is 0 Å². The lowest BCUT2D eigenvalue weighted by atomic mass is 9.82. The van der Waals surface area contributed by atoms with Crippen LogP contribution in [-0.2, 0) is 4.74 Å². The van der Waals surface area contributed by atoms with E-state index in [4.69, 9.17) is 4.74 Å². The number of nitrogens with one attached hydrogen (secondary N) is 1. The molecule has 7 heteroatoms. The minimum absolute atomic E-state index is 0.116. The van der Waals surface area contributed by atoms with E-state index in [1.807, 2.05) is 6.07 Å². The molecule has 0 aromatic carbocycles. The SMILES string of the molecule is CO[C@H]1CC[C@H](NC(=O)c2cc(C3CCC3)nc(-n3ccnc3)n2)CC1. The maximum absolute atomic E-state index is 12.8. The number of hydrogen-bond acceptors (Lipinski definition) is 5. The molecule has 2 aromatic rings. The second-order valence-electron chi connectivity index (χ2n) is 7.26. The van der Waals surface area contributed by atoms with Gasteiger partial charge in [0.05, 0.1) is 6.10 Å². The Morgan fingerprint density at radius 1 is 1.19 bits per heavy atom. The van der Waals surface area contributed by atoms with E-state index < -0.39 is 0 Å². The Balaban J connectivity index is 1.53. The summed E-state index contributed by atoms with van der Waals surface area (Å²) in [5.41, 5.74) is 1.41. The minimum atomic E-state index is -0.116. The van der Waals surface area contributed by atoms with Crippen molar-refractivity contribution < 1.29 is 9.53 Å². The highest BCUT2D eigenvalue weighted by molar-refractivity contribution is 5.92. The van der Waals surface area contributed by atoms with Crippen LogP contribution >= 0.6 is 0 Å². The molecule has 2 saturated carbocycles. The summed E-state index contributed by atoms with van der Waals surface area (Å²) in [6.07, 6.45) is 12.8. The van der Waals surface area contributed by atoms with Crippen molar-refractivity contribution in [2.45, 2.75) is 63.0 Å². The minimum Gasteiger partial charge on any atom is -0.381 e. The molecule has 2 aliphatic rings. The van der Waals surface area contributed by atoms with E-state index in [1.54, 1.807) is 30.4 Å². The highest BCUT2D eigenvalue weighted by Crippen LogP contribution is 2.35. The van der Waals surface area contributed by atoms with E-state index in [2.05, 4.69) is 20.3 Å². The van der Waals surface area contributed by atoms with Crippen molar-refractivity contribution in [3.63, 3.8) is 0 Å². The van der Waals surface area contributed by atoms with Gasteiger partial charge in [-0.15, -0.1) is 0 Å². The smallest absolute Gasteiger partial charge is 0.270 e. The van der Waals surface area contributed by atoms with E-state index >= 15 is 0 Å². The molecule has 138 valence electrons. The summed E-state index contributed by atoms with van der Waals surface area (Å²) in [6, 6.07) is 2.05. The van der Waals surface area contributed by atoms with Crippen LogP contribution in [0.3, 0.4) is 0 Å². The molecule has 0 atom stereocenters. The van der Waals surface area contributed by atoms with Gasteiger partial charge in [0.15, 0.2) is 0 Å². The Labute approximate surface area is 153 Å². The largest absolute Gasteiger partial charge is 0.381 e. The fraction of sp³-hybridized carbons (Fsp3) is 0.579. The summed E-state index contributed by atoms with van der Waals surface area (Å²) < 4.78 is 7.16. The Bertz CT molecular complexity index is 749. The van der Waals surface area contributed by atoms with Gasteiger partial charge in [-0.2, -0.15) is 0 Å². The fourth-order valence-electron chi connectivity index (χ4n) is 3.68. The van der Waals surface area contributed by atoms with Gasteiger partial charge >= 0.3 is 0 Å². The first-order chi connectivity index (χ1) is 12.7. The summed E-state index contributed by atoms with van der Waals surface area (Å²) in [6.45, 7) is 0. The number of amides is 1. The number of methoxy groups -OCH3 is 1. The third-order valence-electron chi connectivity index (χ3n) is 5.57.